The first-order valence-corrected chi connectivity index (χ1v) is 31.6. The fourth-order valence-corrected chi connectivity index (χ4v) is 9.92. The second kappa shape index (κ2) is 55.2. The average Bonchev–Trinajstić information content (AvgIpc) is 3.39. The molecule has 0 radical (unpaired) electrons. The van der Waals surface area contributed by atoms with Crippen molar-refractivity contribution < 1.29 is 44.2 Å². The van der Waals surface area contributed by atoms with Crippen LogP contribution in [0.1, 0.15) is 303 Å². The van der Waals surface area contributed by atoms with Gasteiger partial charge in [-0.25, -0.2) is 0 Å². The van der Waals surface area contributed by atoms with Gasteiger partial charge in [0.25, 0.3) is 0 Å². The van der Waals surface area contributed by atoms with Crippen molar-refractivity contribution in [3.8, 4) is 0 Å². The zero-order valence-electron chi connectivity index (χ0n) is 47.9. The summed E-state index contributed by atoms with van der Waals surface area (Å²) in [5.74, 6) is -0.307. The van der Waals surface area contributed by atoms with E-state index in [0.29, 0.717) is 13.0 Å². The summed E-state index contributed by atoms with van der Waals surface area (Å²) < 4.78 is 23.0. The highest BCUT2D eigenvalue weighted by molar-refractivity contribution is 5.69. The second-order valence-corrected chi connectivity index (χ2v) is 21.9. The molecule has 6 unspecified atom stereocenters. The first-order valence-electron chi connectivity index (χ1n) is 31.6. The highest BCUT2D eigenvalue weighted by Crippen LogP contribution is 2.23. The molecule has 4 N–H and O–H groups in total. The Morgan fingerprint density at radius 3 is 1.19 bits per heavy atom. The van der Waals surface area contributed by atoms with Crippen molar-refractivity contribution in [3.63, 3.8) is 0 Å². The van der Waals surface area contributed by atoms with Crippen molar-refractivity contribution in [2.45, 2.75) is 340 Å². The van der Waals surface area contributed by atoms with Gasteiger partial charge in [0, 0.05) is 13.0 Å². The van der Waals surface area contributed by atoms with E-state index in [4.69, 9.17) is 18.9 Å². The van der Waals surface area contributed by atoms with Crippen molar-refractivity contribution in [1.29, 1.82) is 0 Å². The van der Waals surface area contributed by atoms with Crippen LogP contribution in [0.25, 0.3) is 0 Å². The molecule has 9 nitrogen and oxygen atoms in total. The zero-order chi connectivity index (χ0) is 52.8. The van der Waals surface area contributed by atoms with Gasteiger partial charge in [-0.15, -0.1) is 0 Å². The Bertz CT molecular complexity index is 1220. The van der Waals surface area contributed by atoms with Crippen molar-refractivity contribution in [1.82, 2.24) is 0 Å². The zero-order valence-corrected chi connectivity index (χ0v) is 47.9. The third kappa shape index (κ3) is 45.2. The van der Waals surface area contributed by atoms with E-state index in [9.17, 15) is 25.2 Å². The molecule has 0 aromatic rings. The summed E-state index contributed by atoms with van der Waals surface area (Å²) >= 11 is 0. The van der Waals surface area contributed by atoms with Crippen molar-refractivity contribution in [2.24, 2.45) is 0 Å². The quantitative estimate of drug-likeness (QED) is 0.0267. The molecule has 0 amide bonds. The highest BCUT2D eigenvalue weighted by atomic mass is 16.7. The highest BCUT2D eigenvalue weighted by Gasteiger charge is 2.44. The van der Waals surface area contributed by atoms with E-state index in [1.54, 1.807) is 0 Å². The summed E-state index contributed by atoms with van der Waals surface area (Å²) in [4.78, 5) is 12.9. The van der Waals surface area contributed by atoms with Crippen molar-refractivity contribution in [2.75, 3.05) is 26.4 Å². The van der Waals surface area contributed by atoms with Gasteiger partial charge in [-0.3, -0.25) is 4.79 Å². The third-order valence-electron chi connectivity index (χ3n) is 14.8. The van der Waals surface area contributed by atoms with E-state index in [1.807, 2.05) is 0 Å². The van der Waals surface area contributed by atoms with E-state index >= 15 is 0 Å². The number of carbonyl (C=O) groups excluding carboxylic acids is 1. The van der Waals surface area contributed by atoms with Crippen LogP contribution in [0.15, 0.2) is 36.5 Å². The predicted octanol–water partition coefficient (Wildman–Crippen LogP) is 17.0. The number of rotatable bonds is 56. The molecule has 6 atom stereocenters. The second-order valence-electron chi connectivity index (χ2n) is 21.9. The Labute approximate surface area is 450 Å². The molecule has 0 aromatic carbocycles. The van der Waals surface area contributed by atoms with Gasteiger partial charge in [0.1, 0.15) is 30.5 Å². The number of aliphatic hydroxyl groups excluding tert-OH is 4. The van der Waals surface area contributed by atoms with E-state index in [2.05, 4.69) is 50.3 Å². The molecular weight excluding hydrogens is 913 g/mol. The number of ether oxygens (including phenoxy) is 4. The van der Waals surface area contributed by atoms with Crippen LogP contribution in [0.4, 0.5) is 0 Å². The molecule has 1 saturated heterocycles. The lowest BCUT2D eigenvalue weighted by Gasteiger charge is -2.39. The summed E-state index contributed by atoms with van der Waals surface area (Å²) in [6.07, 6.45) is 63.5. The maximum Gasteiger partial charge on any atom is 0.306 e. The molecule has 0 saturated carbocycles. The van der Waals surface area contributed by atoms with Gasteiger partial charge in [0.2, 0.25) is 0 Å². The summed E-state index contributed by atoms with van der Waals surface area (Å²) in [6.45, 7) is 4.61. The molecule has 9 heteroatoms. The molecule has 0 aliphatic carbocycles. The van der Waals surface area contributed by atoms with Gasteiger partial charge in [-0.2, -0.15) is 0 Å². The summed E-state index contributed by atoms with van der Waals surface area (Å²) in [5, 5.41) is 40.4. The molecule has 1 rings (SSSR count). The fourth-order valence-electron chi connectivity index (χ4n) is 9.92. The number of unbranched alkanes of at least 4 members (excludes halogenated alkanes) is 39. The van der Waals surface area contributed by atoms with Gasteiger partial charge >= 0.3 is 5.97 Å². The Morgan fingerprint density at radius 1 is 0.438 bits per heavy atom. The molecule has 1 heterocycles. The van der Waals surface area contributed by atoms with Crippen LogP contribution < -0.4 is 0 Å². The smallest absolute Gasteiger partial charge is 0.306 e. The number of hydrogen-bond donors (Lipinski definition) is 4. The van der Waals surface area contributed by atoms with Crippen LogP contribution in [0.5, 0.6) is 0 Å². The normalized spacial score (nSPS) is 18.8. The van der Waals surface area contributed by atoms with E-state index < -0.39 is 43.4 Å². The van der Waals surface area contributed by atoms with Crippen LogP contribution >= 0.6 is 0 Å². The number of hydrogen-bond acceptors (Lipinski definition) is 9. The number of carbonyl (C=O) groups is 1. The van der Waals surface area contributed by atoms with Crippen LogP contribution in [-0.2, 0) is 23.7 Å². The number of aliphatic hydroxyl groups is 4. The van der Waals surface area contributed by atoms with Gasteiger partial charge in [0.05, 0.1) is 19.8 Å². The standard InChI is InChI=1S/C64H120O9/c1-3-5-7-9-11-13-15-17-19-21-23-25-27-29-30-32-34-36-38-40-42-44-46-48-50-52-54-70-56-58(57-71-64-63(69)62(68)61(67)59(55-65)73-64)72-60(66)53-51-49-47-45-43-41-39-37-35-33-31-28-26-24-22-20-18-16-14-12-10-8-6-4-2/h15,17,21,23,27,29,58-59,61-65,67-69H,3-14,16,18-20,22,24-26,28,30-57H2,1-2H3/b17-15-,23-21-,29-27-. The molecule has 73 heavy (non-hydrogen) atoms. The maximum atomic E-state index is 12.9. The number of allylic oxidation sites excluding steroid dienone is 6. The molecule has 430 valence electrons. The summed E-state index contributed by atoms with van der Waals surface area (Å²) in [5.41, 5.74) is 0. The Morgan fingerprint density at radius 2 is 0.795 bits per heavy atom. The average molecular weight is 1030 g/mol. The van der Waals surface area contributed by atoms with Crippen LogP contribution in [0.3, 0.4) is 0 Å². The molecule has 0 aromatic heterocycles. The van der Waals surface area contributed by atoms with Gasteiger partial charge in [-0.1, -0.05) is 281 Å². The predicted molar refractivity (Wildman–Crippen MR) is 307 cm³/mol. The first-order chi connectivity index (χ1) is 35.9. The first kappa shape index (κ1) is 69.4. The van der Waals surface area contributed by atoms with Gasteiger partial charge in [0.15, 0.2) is 6.29 Å². The molecule has 0 bridgehead atoms. The minimum atomic E-state index is -1.54. The van der Waals surface area contributed by atoms with E-state index in [-0.39, 0.29) is 19.2 Å². The van der Waals surface area contributed by atoms with Crippen molar-refractivity contribution in [3.05, 3.63) is 36.5 Å². The lowest BCUT2D eigenvalue weighted by atomic mass is 9.99. The molecule has 1 aliphatic heterocycles. The minimum Gasteiger partial charge on any atom is -0.457 e. The third-order valence-corrected chi connectivity index (χ3v) is 14.8. The summed E-state index contributed by atoms with van der Waals surface area (Å²) in [7, 11) is 0. The molecule has 1 aliphatic rings. The van der Waals surface area contributed by atoms with Crippen LogP contribution in [0, 0.1) is 0 Å². The van der Waals surface area contributed by atoms with Crippen molar-refractivity contribution >= 4 is 5.97 Å². The van der Waals surface area contributed by atoms with E-state index in [0.717, 1.165) is 44.9 Å². The van der Waals surface area contributed by atoms with E-state index in [1.165, 1.54) is 238 Å². The molecular formula is C64H120O9. The monoisotopic (exact) mass is 1030 g/mol. The van der Waals surface area contributed by atoms with Crippen LogP contribution in [-0.4, -0.2) is 89.6 Å². The Balaban J connectivity index is 2.11. The summed E-state index contributed by atoms with van der Waals surface area (Å²) in [6, 6.07) is 0. The Kier molecular flexibility index (Phi) is 52.5. The largest absolute Gasteiger partial charge is 0.457 e. The topological polar surface area (TPSA) is 135 Å². The lowest BCUT2D eigenvalue weighted by molar-refractivity contribution is -0.305. The van der Waals surface area contributed by atoms with Gasteiger partial charge in [-0.05, 0) is 51.4 Å². The SMILES string of the molecule is CCCCCCC/C=C\C/C=C\C/C=C\CCCCCCCCCCCCCOCC(COC1OC(CO)C(O)C(O)C1O)OC(=O)CCCCCCCCCCCCCCCCCCCCCCCCCC. The van der Waals surface area contributed by atoms with Crippen LogP contribution in [0.2, 0.25) is 0 Å². The maximum absolute atomic E-state index is 12.9. The molecule has 1 fully saturated rings. The minimum absolute atomic E-state index is 0.111. The Hall–Kier alpha value is -1.59. The van der Waals surface area contributed by atoms with Gasteiger partial charge < -0.3 is 39.4 Å². The lowest BCUT2D eigenvalue weighted by Crippen LogP contribution is -2.59. The molecule has 0 spiro atoms. The fraction of sp³-hybridized carbons (Fsp3) is 0.891. The number of esters is 1.